The van der Waals surface area contributed by atoms with Crippen molar-refractivity contribution in [1.29, 1.82) is 0 Å². The van der Waals surface area contributed by atoms with Crippen LogP contribution in [0.5, 0.6) is 0 Å². The molecule has 0 aliphatic carbocycles. The zero-order chi connectivity index (χ0) is 18.7. The second kappa shape index (κ2) is 7.85. The smallest absolute Gasteiger partial charge is 0.251 e. The van der Waals surface area contributed by atoms with Gasteiger partial charge in [-0.3, -0.25) is 9.59 Å². The fourth-order valence-electron chi connectivity index (χ4n) is 2.48. The van der Waals surface area contributed by atoms with Crippen LogP contribution in [0.2, 0.25) is 5.02 Å². The third-order valence-electron chi connectivity index (χ3n) is 3.85. The molecule has 2 amide bonds. The van der Waals surface area contributed by atoms with Crippen LogP contribution < -0.4 is 10.6 Å². The number of benzene rings is 2. The third-order valence-corrected chi connectivity index (χ3v) is 5.02. The minimum absolute atomic E-state index is 0.0773. The maximum atomic E-state index is 12.7. The number of rotatable bonds is 5. The maximum Gasteiger partial charge on any atom is 0.251 e. The summed E-state index contributed by atoms with van der Waals surface area (Å²) in [4.78, 5) is 29.4. The molecule has 134 valence electrons. The van der Waals surface area contributed by atoms with Crippen LogP contribution in [0.4, 0.5) is 5.13 Å². The molecule has 5 nitrogen and oxygen atoms in total. The number of hydrogen-bond donors (Lipinski definition) is 2. The standard InChI is InChI=1S/C19H18ClN3O2S/c1-11(2)16(22-17(24)12-6-4-3-5-7-12)18(25)23-19-21-14-9-8-13(20)10-15(14)26-19/h3-11,16H,1-2H3,(H,22,24)(H,21,23,25)/t16-/m1/s1. The van der Waals surface area contributed by atoms with Crippen molar-refractivity contribution in [1.82, 2.24) is 10.3 Å². The van der Waals surface area contributed by atoms with E-state index in [0.29, 0.717) is 15.7 Å². The summed E-state index contributed by atoms with van der Waals surface area (Å²) in [6.45, 7) is 3.77. The number of hydrogen-bond acceptors (Lipinski definition) is 4. The number of fused-ring (bicyclic) bond motifs is 1. The molecule has 0 saturated carbocycles. The molecule has 2 N–H and O–H groups in total. The first kappa shape index (κ1) is 18.4. The molecule has 2 aromatic carbocycles. The highest BCUT2D eigenvalue weighted by molar-refractivity contribution is 7.22. The average Bonchev–Trinajstić information content (AvgIpc) is 3.01. The van der Waals surface area contributed by atoms with Crippen molar-refractivity contribution in [2.75, 3.05) is 5.32 Å². The van der Waals surface area contributed by atoms with E-state index >= 15 is 0 Å². The van der Waals surface area contributed by atoms with Gasteiger partial charge in [-0.15, -0.1) is 0 Å². The third kappa shape index (κ3) is 4.20. The second-order valence-electron chi connectivity index (χ2n) is 6.18. The van der Waals surface area contributed by atoms with Crippen LogP contribution in [-0.4, -0.2) is 22.8 Å². The zero-order valence-corrected chi connectivity index (χ0v) is 15.9. The van der Waals surface area contributed by atoms with Gasteiger partial charge in [0.15, 0.2) is 5.13 Å². The Morgan fingerprint density at radius 3 is 2.54 bits per heavy atom. The maximum absolute atomic E-state index is 12.7. The molecule has 3 rings (SSSR count). The van der Waals surface area contributed by atoms with E-state index in [0.717, 1.165) is 10.2 Å². The summed E-state index contributed by atoms with van der Waals surface area (Å²) in [6, 6.07) is 13.5. The summed E-state index contributed by atoms with van der Waals surface area (Å²) in [5.41, 5.74) is 1.28. The van der Waals surface area contributed by atoms with Crippen molar-refractivity contribution >= 4 is 50.1 Å². The van der Waals surface area contributed by atoms with Crippen molar-refractivity contribution in [3.05, 3.63) is 59.1 Å². The Kier molecular flexibility index (Phi) is 5.54. The Morgan fingerprint density at radius 1 is 1.12 bits per heavy atom. The fourth-order valence-corrected chi connectivity index (χ4v) is 3.63. The molecule has 1 aromatic heterocycles. The van der Waals surface area contributed by atoms with Gasteiger partial charge in [0.25, 0.3) is 5.91 Å². The fraction of sp³-hybridized carbons (Fsp3) is 0.211. The molecular formula is C19H18ClN3O2S. The molecule has 0 aliphatic heterocycles. The number of aromatic nitrogens is 1. The number of carbonyl (C=O) groups excluding carboxylic acids is 2. The van der Waals surface area contributed by atoms with Gasteiger partial charge < -0.3 is 10.6 Å². The van der Waals surface area contributed by atoms with E-state index in [1.165, 1.54) is 11.3 Å². The van der Waals surface area contributed by atoms with Gasteiger partial charge in [0.2, 0.25) is 5.91 Å². The van der Waals surface area contributed by atoms with Crippen molar-refractivity contribution in [2.45, 2.75) is 19.9 Å². The predicted octanol–water partition coefficient (Wildman–Crippen LogP) is 4.34. The van der Waals surface area contributed by atoms with Crippen molar-refractivity contribution < 1.29 is 9.59 Å². The molecule has 0 fully saturated rings. The quantitative estimate of drug-likeness (QED) is 0.684. The van der Waals surface area contributed by atoms with E-state index in [9.17, 15) is 9.59 Å². The number of carbonyl (C=O) groups is 2. The molecule has 1 heterocycles. The highest BCUT2D eigenvalue weighted by atomic mass is 35.5. The summed E-state index contributed by atoms with van der Waals surface area (Å²) >= 11 is 7.33. The van der Waals surface area contributed by atoms with Crippen LogP contribution >= 0.6 is 22.9 Å². The topological polar surface area (TPSA) is 71.1 Å². The summed E-state index contributed by atoms with van der Waals surface area (Å²) in [7, 11) is 0. The lowest BCUT2D eigenvalue weighted by Gasteiger charge is -2.21. The number of nitrogens with zero attached hydrogens (tertiary/aromatic N) is 1. The SMILES string of the molecule is CC(C)[C@@H](NC(=O)c1ccccc1)C(=O)Nc1nc2ccc(Cl)cc2s1. The normalized spacial score (nSPS) is 12.2. The molecule has 0 aliphatic rings. The van der Waals surface area contributed by atoms with Gasteiger partial charge in [0, 0.05) is 10.6 Å². The van der Waals surface area contributed by atoms with Gasteiger partial charge in [-0.1, -0.05) is 55.0 Å². The van der Waals surface area contributed by atoms with E-state index in [4.69, 9.17) is 11.6 Å². The highest BCUT2D eigenvalue weighted by Crippen LogP contribution is 2.28. The number of nitrogens with one attached hydrogen (secondary N) is 2. The molecule has 1 atom stereocenters. The van der Waals surface area contributed by atoms with Crippen molar-refractivity contribution in [3.63, 3.8) is 0 Å². The predicted molar refractivity (Wildman–Crippen MR) is 106 cm³/mol. The average molecular weight is 388 g/mol. The van der Waals surface area contributed by atoms with Gasteiger partial charge in [-0.05, 0) is 36.2 Å². The molecule has 7 heteroatoms. The first-order valence-corrected chi connectivity index (χ1v) is 9.36. The molecule has 26 heavy (non-hydrogen) atoms. The lowest BCUT2D eigenvalue weighted by Crippen LogP contribution is -2.47. The van der Waals surface area contributed by atoms with Crippen LogP contribution in [0.15, 0.2) is 48.5 Å². The van der Waals surface area contributed by atoms with Crippen LogP contribution in [0.1, 0.15) is 24.2 Å². The van der Waals surface area contributed by atoms with Crippen LogP contribution in [0.3, 0.4) is 0 Å². The summed E-state index contributed by atoms with van der Waals surface area (Å²) in [5.74, 6) is -0.656. The number of anilines is 1. The minimum atomic E-state index is -0.668. The van der Waals surface area contributed by atoms with Crippen LogP contribution in [0, 0.1) is 5.92 Å². The largest absolute Gasteiger partial charge is 0.340 e. The van der Waals surface area contributed by atoms with Gasteiger partial charge in [-0.25, -0.2) is 4.98 Å². The van der Waals surface area contributed by atoms with Gasteiger partial charge in [0.1, 0.15) is 6.04 Å². The van der Waals surface area contributed by atoms with Crippen LogP contribution in [0.25, 0.3) is 10.2 Å². The number of thiazole rings is 1. The van der Waals surface area contributed by atoms with Gasteiger partial charge in [0.05, 0.1) is 10.2 Å². The highest BCUT2D eigenvalue weighted by Gasteiger charge is 2.25. The van der Waals surface area contributed by atoms with E-state index < -0.39 is 6.04 Å². The molecule has 0 unspecified atom stereocenters. The van der Waals surface area contributed by atoms with E-state index in [1.807, 2.05) is 19.9 Å². The number of amides is 2. The Hall–Kier alpha value is -2.44. The second-order valence-corrected chi connectivity index (χ2v) is 7.65. The molecule has 0 saturated heterocycles. The van der Waals surface area contributed by atoms with Gasteiger partial charge in [-0.2, -0.15) is 0 Å². The van der Waals surface area contributed by atoms with E-state index in [1.54, 1.807) is 42.5 Å². The first-order chi connectivity index (χ1) is 12.4. The lowest BCUT2D eigenvalue weighted by atomic mass is 10.0. The Bertz CT molecular complexity index is 940. The molecular weight excluding hydrogens is 370 g/mol. The summed E-state index contributed by atoms with van der Waals surface area (Å²) in [5, 5.41) is 6.70. The molecule has 3 aromatic rings. The summed E-state index contributed by atoms with van der Waals surface area (Å²) in [6.07, 6.45) is 0. The number of halogens is 1. The first-order valence-electron chi connectivity index (χ1n) is 8.17. The zero-order valence-electron chi connectivity index (χ0n) is 14.3. The van der Waals surface area contributed by atoms with Gasteiger partial charge >= 0.3 is 0 Å². The monoisotopic (exact) mass is 387 g/mol. The Labute approximate surface area is 160 Å². The lowest BCUT2D eigenvalue weighted by molar-refractivity contribution is -0.118. The summed E-state index contributed by atoms with van der Waals surface area (Å²) < 4.78 is 0.891. The van der Waals surface area contributed by atoms with Crippen LogP contribution in [-0.2, 0) is 4.79 Å². The molecule has 0 spiro atoms. The Morgan fingerprint density at radius 2 is 1.85 bits per heavy atom. The van der Waals surface area contributed by atoms with E-state index in [-0.39, 0.29) is 17.7 Å². The minimum Gasteiger partial charge on any atom is -0.340 e. The van der Waals surface area contributed by atoms with Crippen molar-refractivity contribution in [2.24, 2.45) is 5.92 Å². The molecule has 0 radical (unpaired) electrons. The van der Waals surface area contributed by atoms with E-state index in [2.05, 4.69) is 15.6 Å². The Balaban J connectivity index is 1.74. The molecule has 0 bridgehead atoms. The van der Waals surface area contributed by atoms with Crippen molar-refractivity contribution in [3.8, 4) is 0 Å².